The topological polar surface area (TPSA) is 77.7 Å². The second-order valence-corrected chi connectivity index (χ2v) is 10.6. The number of rotatable bonds is 5. The molecule has 0 radical (unpaired) electrons. The molecule has 1 saturated carbocycles. The van der Waals surface area contributed by atoms with Crippen LogP contribution in [-0.4, -0.2) is 33.7 Å². The lowest BCUT2D eigenvalue weighted by atomic mass is 9.89. The fraction of sp³-hybridized carbons (Fsp3) is 0.435. The van der Waals surface area contributed by atoms with Crippen molar-refractivity contribution in [2.45, 2.75) is 50.1 Å². The first-order chi connectivity index (χ1) is 15.6. The molecule has 0 aliphatic heterocycles. The van der Waals surface area contributed by atoms with E-state index in [1.165, 1.54) is 30.8 Å². The van der Waals surface area contributed by atoms with Crippen molar-refractivity contribution in [3.05, 3.63) is 41.9 Å². The van der Waals surface area contributed by atoms with Crippen LogP contribution in [0.2, 0.25) is 0 Å². The molecule has 0 saturated heterocycles. The Morgan fingerprint density at radius 2 is 1.85 bits per heavy atom. The first-order valence-electron chi connectivity index (χ1n) is 10.9. The fourth-order valence-electron chi connectivity index (χ4n) is 4.14. The standard InChI is InChI=1S/C23H25F3N4O2S/c1-3-33(31,32)19-11-16(10-9-15-7-5-4-6-8-15)13-28-21(19)22-29-17-12-20(23(24,25)26)27-14-18(17)30(22)2/h9-15H,3-8H2,1-2H3/b10-9+. The summed E-state index contributed by atoms with van der Waals surface area (Å²) in [5.74, 6) is 0.502. The predicted octanol–water partition coefficient (Wildman–Crippen LogP) is 5.44. The quantitative estimate of drug-likeness (QED) is 0.488. The number of alkyl halides is 3. The van der Waals surface area contributed by atoms with Crippen LogP contribution in [0.25, 0.3) is 28.6 Å². The molecule has 0 atom stereocenters. The Labute approximate surface area is 190 Å². The van der Waals surface area contributed by atoms with Crippen molar-refractivity contribution in [3.8, 4) is 11.5 Å². The van der Waals surface area contributed by atoms with E-state index < -0.39 is 21.7 Å². The number of nitrogens with zero attached hydrogens (tertiary/aromatic N) is 4. The first kappa shape index (κ1) is 23.4. The third kappa shape index (κ3) is 4.80. The molecule has 1 aliphatic rings. The largest absolute Gasteiger partial charge is 0.433 e. The third-order valence-corrected chi connectivity index (χ3v) is 7.81. The number of aryl methyl sites for hydroxylation is 1. The van der Waals surface area contributed by atoms with Crippen molar-refractivity contribution in [1.29, 1.82) is 0 Å². The van der Waals surface area contributed by atoms with Gasteiger partial charge in [0.1, 0.15) is 11.4 Å². The second kappa shape index (κ2) is 8.89. The molecule has 0 aromatic carbocycles. The Morgan fingerprint density at radius 1 is 1.12 bits per heavy atom. The van der Waals surface area contributed by atoms with E-state index in [1.54, 1.807) is 19.3 Å². The summed E-state index contributed by atoms with van der Waals surface area (Å²) >= 11 is 0. The van der Waals surface area contributed by atoms with Gasteiger partial charge >= 0.3 is 6.18 Å². The molecule has 10 heteroatoms. The molecule has 0 spiro atoms. The van der Waals surface area contributed by atoms with Crippen molar-refractivity contribution < 1.29 is 21.6 Å². The molecule has 1 aliphatic carbocycles. The molecule has 33 heavy (non-hydrogen) atoms. The summed E-state index contributed by atoms with van der Waals surface area (Å²) in [7, 11) is -2.08. The lowest BCUT2D eigenvalue weighted by Gasteiger charge is -2.17. The van der Waals surface area contributed by atoms with E-state index in [4.69, 9.17) is 0 Å². The zero-order valence-electron chi connectivity index (χ0n) is 18.4. The molecule has 0 bridgehead atoms. The minimum absolute atomic E-state index is 0.0122. The number of hydrogen-bond donors (Lipinski definition) is 0. The van der Waals surface area contributed by atoms with Crippen molar-refractivity contribution in [3.63, 3.8) is 0 Å². The Kier molecular flexibility index (Phi) is 6.30. The first-order valence-corrected chi connectivity index (χ1v) is 12.6. The number of imidazole rings is 1. The number of hydrogen-bond acceptors (Lipinski definition) is 5. The van der Waals surface area contributed by atoms with Gasteiger partial charge in [-0.1, -0.05) is 38.3 Å². The summed E-state index contributed by atoms with van der Waals surface area (Å²) in [5.41, 5.74) is 0.130. The molecule has 0 N–H and O–H groups in total. The average molecular weight is 479 g/mol. The van der Waals surface area contributed by atoms with E-state index in [9.17, 15) is 21.6 Å². The Hall–Kier alpha value is -2.75. The number of halogens is 3. The van der Waals surface area contributed by atoms with E-state index in [0.29, 0.717) is 17.0 Å². The van der Waals surface area contributed by atoms with E-state index in [2.05, 4.69) is 21.0 Å². The van der Waals surface area contributed by atoms with Crippen LogP contribution in [0.1, 0.15) is 50.3 Å². The van der Waals surface area contributed by atoms with Crippen LogP contribution >= 0.6 is 0 Å². The lowest BCUT2D eigenvalue weighted by Crippen LogP contribution is -2.09. The van der Waals surface area contributed by atoms with Crippen LogP contribution in [0, 0.1) is 5.92 Å². The van der Waals surface area contributed by atoms with Crippen molar-refractivity contribution in [1.82, 2.24) is 19.5 Å². The summed E-state index contributed by atoms with van der Waals surface area (Å²) in [6, 6.07) is 2.42. The van der Waals surface area contributed by atoms with Gasteiger partial charge in [0.25, 0.3) is 0 Å². The Bertz CT molecular complexity index is 1310. The molecule has 1 fully saturated rings. The third-order valence-electron chi connectivity index (χ3n) is 6.07. The van der Waals surface area contributed by atoms with Gasteiger partial charge in [-0.3, -0.25) is 4.98 Å². The molecule has 6 nitrogen and oxygen atoms in total. The van der Waals surface area contributed by atoms with Crippen LogP contribution < -0.4 is 0 Å². The molecule has 3 heterocycles. The Morgan fingerprint density at radius 3 is 2.52 bits per heavy atom. The minimum Gasteiger partial charge on any atom is -0.324 e. The highest BCUT2D eigenvalue weighted by Gasteiger charge is 2.33. The van der Waals surface area contributed by atoms with Crippen LogP contribution in [-0.2, 0) is 23.1 Å². The fourth-order valence-corrected chi connectivity index (χ4v) is 5.21. The zero-order chi connectivity index (χ0) is 23.8. The molecular weight excluding hydrogens is 453 g/mol. The summed E-state index contributed by atoms with van der Waals surface area (Å²) < 4.78 is 66.5. The smallest absolute Gasteiger partial charge is 0.324 e. The van der Waals surface area contributed by atoms with Crippen LogP contribution in [0.5, 0.6) is 0 Å². The molecule has 3 aromatic rings. The van der Waals surface area contributed by atoms with Gasteiger partial charge in [-0.15, -0.1) is 0 Å². The van der Waals surface area contributed by atoms with E-state index in [1.807, 2.05) is 6.08 Å². The normalized spacial score (nSPS) is 16.2. The number of aromatic nitrogens is 4. The highest BCUT2D eigenvalue weighted by molar-refractivity contribution is 7.91. The summed E-state index contributed by atoms with van der Waals surface area (Å²) in [6.07, 6.45) is 7.94. The predicted molar refractivity (Wildman–Crippen MR) is 120 cm³/mol. The van der Waals surface area contributed by atoms with Gasteiger partial charge in [0.2, 0.25) is 0 Å². The van der Waals surface area contributed by atoms with Gasteiger partial charge in [-0.2, -0.15) is 13.2 Å². The van der Waals surface area contributed by atoms with Crippen LogP contribution in [0.15, 0.2) is 35.5 Å². The molecule has 0 unspecified atom stereocenters. The van der Waals surface area contributed by atoms with E-state index >= 15 is 0 Å². The molecule has 176 valence electrons. The molecular formula is C23H25F3N4O2S. The highest BCUT2D eigenvalue weighted by Crippen LogP contribution is 2.33. The van der Waals surface area contributed by atoms with E-state index in [0.717, 1.165) is 25.1 Å². The van der Waals surface area contributed by atoms with Gasteiger partial charge in [0.15, 0.2) is 15.7 Å². The van der Waals surface area contributed by atoms with E-state index in [-0.39, 0.29) is 27.7 Å². The number of pyridine rings is 2. The summed E-state index contributed by atoms with van der Waals surface area (Å²) in [4.78, 5) is 12.2. The average Bonchev–Trinajstić information content (AvgIpc) is 3.13. The minimum atomic E-state index is -4.60. The highest BCUT2D eigenvalue weighted by atomic mass is 32.2. The number of sulfone groups is 1. The van der Waals surface area contributed by atoms with Crippen molar-refractivity contribution >= 4 is 26.9 Å². The van der Waals surface area contributed by atoms with Gasteiger partial charge in [0.05, 0.1) is 27.9 Å². The van der Waals surface area contributed by atoms with Gasteiger partial charge in [-0.05, 0) is 36.5 Å². The lowest BCUT2D eigenvalue weighted by molar-refractivity contribution is -0.141. The van der Waals surface area contributed by atoms with Crippen molar-refractivity contribution in [2.75, 3.05) is 5.75 Å². The summed E-state index contributed by atoms with van der Waals surface area (Å²) in [5, 5.41) is 0. The zero-order valence-corrected chi connectivity index (χ0v) is 19.2. The van der Waals surface area contributed by atoms with Gasteiger partial charge in [0, 0.05) is 13.2 Å². The van der Waals surface area contributed by atoms with Crippen molar-refractivity contribution in [2.24, 2.45) is 13.0 Å². The van der Waals surface area contributed by atoms with Crippen LogP contribution in [0.4, 0.5) is 13.2 Å². The molecule has 3 aromatic heterocycles. The number of allylic oxidation sites excluding steroid dienone is 1. The van der Waals surface area contributed by atoms with Gasteiger partial charge in [-0.25, -0.2) is 18.4 Å². The SMILES string of the molecule is CCS(=O)(=O)c1cc(/C=C/C2CCCCC2)cnc1-c1nc2cc(C(F)(F)F)ncc2n1C. The molecule has 0 amide bonds. The monoisotopic (exact) mass is 478 g/mol. The Balaban J connectivity index is 1.80. The summed E-state index contributed by atoms with van der Waals surface area (Å²) in [6.45, 7) is 1.54. The molecule has 4 rings (SSSR count). The maximum atomic E-state index is 13.1. The van der Waals surface area contributed by atoms with Gasteiger partial charge < -0.3 is 4.57 Å². The number of fused-ring (bicyclic) bond motifs is 1. The second-order valence-electron chi connectivity index (χ2n) is 8.33. The maximum absolute atomic E-state index is 13.1. The maximum Gasteiger partial charge on any atom is 0.433 e. The van der Waals surface area contributed by atoms with Crippen LogP contribution in [0.3, 0.4) is 0 Å².